The normalized spacial score (nSPS) is 19.4. The zero-order valence-corrected chi connectivity index (χ0v) is 15.3. The number of hydrogen-bond acceptors (Lipinski definition) is 5. The summed E-state index contributed by atoms with van der Waals surface area (Å²) in [5, 5.41) is 12.5. The van der Waals surface area contributed by atoms with Crippen molar-refractivity contribution in [2.75, 3.05) is 13.2 Å². The van der Waals surface area contributed by atoms with Crippen LogP contribution in [0, 0.1) is 5.92 Å². The molecule has 1 fully saturated rings. The highest BCUT2D eigenvalue weighted by Gasteiger charge is 2.25. The molecule has 2 N–H and O–H groups in total. The smallest absolute Gasteiger partial charge is 0.306 e. The highest BCUT2D eigenvalue weighted by atomic mass is 16.5. The van der Waals surface area contributed by atoms with Gasteiger partial charge in [-0.1, -0.05) is 24.3 Å². The Labute approximate surface area is 159 Å². The number of aliphatic carboxylic acids is 1. The van der Waals surface area contributed by atoms with Gasteiger partial charge in [0.15, 0.2) is 0 Å². The van der Waals surface area contributed by atoms with E-state index < -0.39 is 5.97 Å². The second-order valence-electron chi connectivity index (χ2n) is 6.78. The van der Waals surface area contributed by atoms with Crippen molar-refractivity contribution in [1.29, 1.82) is 0 Å². The molecule has 2 aromatic rings. The number of hydrogen-bond donors (Lipinski definition) is 2. The van der Waals surface area contributed by atoms with E-state index >= 15 is 0 Å². The molecule has 0 spiro atoms. The Morgan fingerprint density at radius 2 is 1.78 bits per heavy atom. The summed E-state index contributed by atoms with van der Waals surface area (Å²) in [5.41, 5.74) is 1.09. The van der Waals surface area contributed by atoms with Gasteiger partial charge in [-0.15, -0.1) is 0 Å². The zero-order valence-electron chi connectivity index (χ0n) is 15.3. The summed E-state index contributed by atoms with van der Waals surface area (Å²) in [6.45, 7) is 1.63. The van der Waals surface area contributed by atoms with Gasteiger partial charge in [0.25, 0.3) is 0 Å². The van der Waals surface area contributed by atoms with E-state index in [1.807, 2.05) is 48.7 Å². The van der Waals surface area contributed by atoms with E-state index in [1.165, 1.54) is 0 Å². The molecule has 0 atom stereocenters. The summed E-state index contributed by atoms with van der Waals surface area (Å²) in [6.07, 6.45) is 5.13. The van der Waals surface area contributed by atoms with E-state index in [9.17, 15) is 4.79 Å². The molecule has 0 aliphatic heterocycles. The average molecular weight is 370 g/mol. The van der Waals surface area contributed by atoms with Gasteiger partial charge in [-0.25, -0.2) is 4.98 Å². The van der Waals surface area contributed by atoms with Crippen molar-refractivity contribution in [1.82, 2.24) is 10.3 Å². The third-order valence-electron chi connectivity index (χ3n) is 4.81. The molecule has 1 aromatic carbocycles. The van der Waals surface area contributed by atoms with Crippen LogP contribution in [-0.4, -0.2) is 35.3 Å². The molecular weight excluding hydrogens is 344 g/mol. The number of ether oxygens (including phenoxy) is 2. The van der Waals surface area contributed by atoms with Crippen LogP contribution < -0.4 is 14.8 Å². The molecule has 0 radical (unpaired) electrons. The maximum absolute atomic E-state index is 11.0. The maximum Gasteiger partial charge on any atom is 0.306 e. The summed E-state index contributed by atoms with van der Waals surface area (Å²) in [4.78, 5) is 15.3. The van der Waals surface area contributed by atoms with Gasteiger partial charge < -0.3 is 19.9 Å². The lowest BCUT2D eigenvalue weighted by Crippen LogP contribution is -2.34. The number of rotatable bonds is 9. The van der Waals surface area contributed by atoms with E-state index in [4.69, 9.17) is 14.6 Å². The highest BCUT2D eigenvalue weighted by molar-refractivity contribution is 5.70. The van der Waals surface area contributed by atoms with Crippen molar-refractivity contribution in [2.24, 2.45) is 5.92 Å². The zero-order chi connectivity index (χ0) is 18.9. The third kappa shape index (κ3) is 6.25. The molecule has 6 nitrogen and oxygen atoms in total. The number of nitrogens with one attached hydrogen (secondary N) is 1. The van der Waals surface area contributed by atoms with Crippen LogP contribution in [0.2, 0.25) is 0 Å². The number of nitrogens with zero attached hydrogens (tertiary/aromatic N) is 1. The van der Waals surface area contributed by atoms with Crippen molar-refractivity contribution in [3.05, 3.63) is 54.2 Å². The molecule has 1 aliphatic rings. The van der Waals surface area contributed by atoms with Gasteiger partial charge in [0, 0.05) is 24.8 Å². The molecule has 27 heavy (non-hydrogen) atoms. The molecule has 1 aromatic heterocycles. The summed E-state index contributed by atoms with van der Waals surface area (Å²) in [6, 6.07) is 13.9. The summed E-state index contributed by atoms with van der Waals surface area (Å²) < 4.78 is 11.2. The molecule has 3 rings (SSSR count). The van der Waals surface area contributed by atoms with Crippen LogP contribution in [0.5, 0.6) is 11.6 Å². The van der Waals surface area contributed by atoms with Crippen LogP contribution in [0.4, 0.5) is 0 Å². The molecular formula is C21H26N2O4. The summed E-state index contributed by atoms with van der Waals surface area (Å²) >= 11 is 0. The number of para-hydroxylation sites is 1. The van der Waals surface area contributed by atoms with Crippen LogP contribution in [0.3, 0.4) is 0 Å². The minimum absolute atomic E-state index is 0.174. The van der Waals surface area contributed by atoms with Gasteiger partial charge in [0.05, 0.1) is 5.92 Å². The lowest BCUT2D eigenvalue weighted by Gasteiger charge is -2.26. The number of carboxylic acids is 1. The minimum atomic E-state index is -0.664. The molecule has 1 saturated carbocycles. The Balaban J connectivity index is 1.33. The lowest BCUT2D eigenvalue weighted by atomic mass is 9.86. The van der Waals surface area contributed by atoms with E-state index in [-0.39, 0.29) is 5.92 Å². The predicted octanol–water partition coefficient (Wildman–Crippen LogP) is 3.27. The van der Waals surface area contributed by atoms with Crippen molar-refractivity contribution in [3.8, 4) is 11.6 Å². The van der Waals surface area contributed by atoms with Crippen LogP contribution >= 0.6 is 0 Å². The third-order valence-corrected chi connectivity index (χ3v) is 4.81. The fourth-order valence-electron chi connectivity index (χ4n) is 3.23. The van der Waals surface area contributed by atoms with E-state index in [2.05, 4.69) is 10.3 Å². The number of pyridine rings is 1. The quantitative estimate of drug-likeness (QED) is 0.660. The first kappa shape index (κ1) is 19.2. The van der Waals surface area contributed by atoms with Crippen molar-refractivity contribution >= 4 is 5.97 Å². The molecule has 144 valence electrons. The SMILES string of the molecule is O=C(O)C1CCC(NCc2ccc(OCCOc3ccccc3)nc2)CC1. The van der Waals surface area contributed by atoms with Crippen molar-refractivity contribution < 1.29 is 19.4 Å². The average Bonchev–Trinajstić information content (AvgIpc) is 2.71. The monoisotopic (exact) mass is 370 g/mol. The second kappa shape index (κ2) is 9.92. The van der Waals surface area contributed by atoms with Crippen LogP contribution in [0.25, 0.3) is 0 Å². The molecule has 0 saturated heterocycles. The molecule has 1 aliphatic carbocycles. The van der Waals surface area contributed by atoms with E-state index in [0.29, 0.717) is 25.1 Å². The Hall–Kier alpha value is -2.60. The van der Waals surface area contributed by atoms with Crippen LogP contribution in [0.15, 0.2) is 48.7 Å². The first-order valence-electron chi connectivity index (χ1n) is 9.42. The number of carboxylic acid groups (broad SMARTS) is 1. The Kier molecular flexibility index (Phi) is 7.04. The van der Waals surface area contributed by atoms with Crippen LogP contribution in [0.1, 0.15) is 31.2 Å². The fourth-order valence-corrected chi connectivity index (χ4v) is 3.23. The van der Waals surface area contributed by atoms with Crippen molar-refractivity contribution in [3.63, 3.8) is 0 Å². The fraction of sp³-hybridized carbons (Fsp3) is 0.429. The largest absolute Gasteiger partial charge is 0.490 e. The minimum Gasteiger partial charge on any atom is -0.490 e. The van der Waals surface area contributed by atoms with E-state index in [0.717, 1.165) is 43.5 Å². The molecule has 1 heterocycles. The Morgan fingerprint density at radius 1 is 1.04 bits per heavy atom. The molecule has 0 bridgehead atoms. The number of aromatic nitrogens is 1. The summed E-state index contributed by atoms with van der Waals surface area (Å²) in [7, 11) is 0. The standard InChI is InChI=1S/C21H26N2O4/c24-21(25)17-7-9-18(10-8-17)22-14-16-6-11-20(23-15-16)27-13-12-26-19-4-2-1-3-5-19/h1-6,11,15,17-18,22H,7-10,12-14H2,(H,24,25). The first-order valence-corrected chi connectivity index (χ1v) is 9.42. The molecule has 6 heteroatoms. The van der Waals surface area contributed by atoms with Gasteiger partial charge in [-0.2, -0.15) is 0 Å². The van der Waals surface area contributed by atoms with E-state index in [1.54, 1.807) is 0 Å². The van der Waals surface area contributed by atoms with Gasteiger partial charge >= 0.3 is 5.97 Å². The van der Waals surface area contributed by atoms with Crippen molar-refractivity contribution in [2.45, 2.75) is 38.3 Å². The summed E-state index contributed by atoms with van der Waals surface area (Å²) in [5.74, 6) is 0.569. The predicted molar refractivity (Wildman–Crippen MR) is 102 cm³/mol. The second-order valence-corrected chi connectivity index (χ2v) is 6.78. The Morgan fingerprint density at radius 3 is 2.44 bits per heavy atom. The Bertz CT molecular complexity index is 698. The number of benzene rings is 1. The molecule has 0 unspecified atom stereocenters. The van der Waals surface area contributed by atoms with Gasteiger partial charge in [0.1, 0.15) is 19.0 Å². The molecule has 0 amide bonds. The number of carbonyl (C=O) groups is 1. The van der Waals surface area contributed by atoms with Gasteiger partial charge in [-0.3, -0.25) is 4.79 Å². The van der Waals surface area contributed by atoms with Gasteiger partial charge in [-0.05, 0) is 43.4 Å². The highest BCUT2D eigenvalue weighted by Crippen LogP contribution is 2.24. The topological polar surface area (TPSA) is 80.7 Å². The van der Waals surface area contributed by atoms with Gasteiger partial charge in [0.2, 0.25) is 5.88 Å². The first-order chi connectivity index (χ1) is 13.2. The van der Waals surface area contributed by atoms with Crippen LogP contribution in [-0.2, 0) is 11.3 Å². The lowest BCUT2D eigenvalue weighted by molar-refractivity contribution is -0.142. The maximum atomic E-state index is 11.0.